The molecule has 0 unspecified atom stereocenters. The average Bonchev–Trinajstić information content (AvgIpc) is 3.67. The Morgan fingerprint density at radius 1 is 0.979 bits per heavy atom. The summed E-state index contributed by atoms with van der Waals surface area (Å²) in [6.45, 7) is 19.7. The Hall–Kier alpha value is -2.98. The molecule has 1 heterocycles. The summed E-state index contributed by atoms with van der Waals surface area (Å²) in [4.78, 5) is 13.0. The molecule has 1 aromatic carbocycles. The topological polar surface area (TPSA) is 101 Å². The van der Waals surface area contributed by atoms with Crippen LogP contribution < -0.4 is 0 Å². The molecule has 2 aromatic rings. The van der Waals surface area contributed by atoms with E-state index in [0.29, 0.717) is 35.8 Å². The first-order chi connectivity index (χ1) is 22.2. The maximum Gasteiger partial charge on any atom is 0.309 e. The van der Waals surface area contributed by atoms with Gasteiger partial charge in [-0.3, -0.25) is 4.79 Å². The predicted molar refractivity (Wildman–Crippen MR) is 181 cm³/mol. The van der Waals surface area contributed by atoms with E-state index in [4.69, 9.17) is 10.00 Å². The number of ether oxygens (including phenoxy) is 1. The molecule has 5 saturated carbocycles. The van der Waals surface area contributed by atoms with Crippen molar-refractivity contribution in [1.29, 1.82) is 5.26 Å². The number of benzene rings is 1. The van der Waals surface area contributed by atoms with Gasteiger partial charge >= 0.3 is 5.97 Å². The van der Waals surface area contributed by atoms with Crippen molar-refractivity contribution in [2.45, 2.75) is 118 Å². The van der Waals surface area contributed by atoms with Crippen LogP contribution in [0.4, 0.5) is 0 Å². The molecular formula is C40H54N4O3. The summed E-state index contributed by atoms with van der Waals surface area (Å²) >= 11 is 0. The van der Waals surface area contributed by atoms with Gasteiger partial charge in [-0.1, -0.05) is 52.0 Å². The van der Waals surface area contributed by atoms with Crippen molar-refractivity contribution in [3.63, 3.8) is 0 Å². The summed E-state index contributed by atoms with van der Waals surface area (Å²) in [5.74, 6) is 1.65. The van der Waals surface area contributed by atoms with Crippen LogP contribution in [0.5, 0.6) is 0 Å². The van der Waals surface area contributed by atoms with Gasteiger partial charge in [0.15, 0.2) is 0 Å². The van der Waals surface area contributed by atoms with Gasteiger partial charge in [-0.15, -0.1) is 5.10 Å². The summed E-state index contributed by atoms with van der Waals surface area (Å²) in [6, 6.07) is 9.52. The third-order valence-corrected chi connectivity index (χ3v) is 15.7. The van der Waals surface area contributed by atoms with Crippen LogP contribution in [0, 0.1) is 68.0 Å². The number of carbonyl (C=O) groups is 1. The SMILES string of the molecule is C=C(C)[C@@H]1CC[C@]2(C(=O)O)CC[C@]3(C)[C@H](CC[C@@H]4[C@@]5(C)CC[C@H](OCc6cn(-c7ccc(C#N)cc7)nn6)C(C)(C)[C@@H]5CC[C@]43C)[C@@H]12. The molecule has 252 valence electrons. The number of carboxylic acids is 1. The van der Waals surface area contributed by atoms with Crippen LogP contribution in [0.25, 0.3) is 5.69 Å². The molecule has 0 saturated heterocycles. The van der Waals surface area contributed by atoms with Crippen molar-refractivity contribution in [2.75, 3.05) is 0 Å². The van der Waals surface area contributed by atoms with Gasteiger partial charge < -0.3 is 9.84 Å². The van der Waals surface area contributed by atoms with Crippen LogP contribution in [0.15, 0.2) is 42.6 Å². The number of nitriles is 1. The van der Waals surface area contributed by atoms with E-state index < -0.39 is 11.4 Å². The number of allylic oxidation sites excluding steroid dienone is 1. The van der Waals surface area contributed by atoms with Crippen molar-refractivity contribution < 1.29 is 14.6 Å². The summed E-state index contributed by atoms with van der Waals surface area (Å²) in [7, 11) is 0. The largest absolute Gasteiger partial charge is 0.481 e. The van der Waals surface area contributed by atoms with Crippen LogP contribution in [0.1, 0.15) is 117 Å². The number of hydrogen-bond donors (Lipinski definition) is 1. The van der Waals surface area contributed by atoms with E-state index >= 15 is 0 Å². The zero-order valence-electron chi connectivity index (χ0n) is 29.4. The molecule has 5 fully saturated rings. The molecule has 0 aliphatic heterocycles. The molecule has 7 nitrogen and oxygen atoms in total. The number of fused-ring (bicyclic) bond motifs is 7. The highest BCUT2D eigenvalue weighted by atomic mass is 16.5. The maximum atomic E-state index is 13.0. The lowest BCUT2D eigenvalue weighted by Crippen LogP contribution is -2.67. The van der Waals surface area contributed by atoms with Gasteiger partial charge in [0.25, 0.3) is 0 Å². The van der Waals surface area contributed by atoms with E-state index in [2.05, 4.69) is 64.5 Å². The normalized spacial score (nSPS) is 41.9. The third-order valence-electron chi connectivity index (χ3n) is 15.7. The molecular weight excluding hydrogens is 584 g/mol. The molecule has 0 bridgehead atoms. The Balaban J connectivity index is 1.10. The first-order valence-corrected chi connectivity index (χ1v) is 18.1. The smallest absolute Gasteiger partial charge is 0.309 e. The Labute approximate surface area is 281 Å². The molecule has 47 heavy (non-hydrogen) atoms. The van der Waals surface area contributed by atoms with E-state index in [1.54, 1.807) is 16.8 Å². The maximum absolute atomic E-state index is 13.0. The number of hydrogen-bond acceptors (Lipinski definition) is 5. The Morgan fingerprint density at radius 2 is 1.72 bits per heavy atom. The first kappa shape index (κ1) is 32.6. The molecule has 0 spiro atoms. The zero-order valence-corrected chi connectivity index (χ0v) is 29.4. The second-order valence-electron chi connectivity index (χ2n) is 17.6. The fourth-order valence-corrected chi connectivity index (χ4v) is 13.2. The van der Waals surface area contributed by atoms with E-state index in [0.717, 1.165) is 49.9 Å². The fraction of sp³-hybridized carbons (Fsp3) is 0.700. The molecule has 7 heteroatoms. The molecule has 10 atom stereocenters. The monoisotopic (exact) mass is 638 g/mol. The van der Waals surface area contributed by atoms with Crippen LogP contribution >= 0.6 is 0 Å². The van der Waals surface area contributed by atoms with Gasteiger partial charge in [0.2, 0.25) is 0 Å². The van der Waals surface area contributed by atoms with Gasteiger partial charge in [-0.05, 0) is 147 Å². The highest BCUT2D eigenvalue weighted by Crippen LogP contribution is 2.77. The minimum absolute atomic E-state index is 0.0245. The molecule has 1 aromatic heterocycles. The predicted octanol–water partition coefficient (Wildman–Crippen LogP) is 8.77. The highest BCUT2D eigenvalue weighted by molar-refractivity contribution is 5.76. The van der Waals surface area contributed by atoms with Crippen molar-refractivity contribution in [2.24, 2.45) is 56.7 Å². The number of nitrogens with zero attached hydrogens (tertiary/aromatic N) is 4. The second-order valence-corrected chi connectivity index (χ2v) is 17.6. The van der Waals surface area contributed by atoms with Crippen molar-refractivity contribution in [1.82, 2.24) is 15.0 Å². The number of aliphatic carboxylic acids is 1. The summed E-state index contributed by atoms with van der Waals surface area (Å²) < 4.78 is 8.47. The summed E-state index contributed by atoms with van der Waals surface area (Å²) in [6.07, 6.45) is 12.7. The van der Waals surface area contributed by atoms with Gasteiger partial charge in [0, 0.05) is 0 Å². The van der Waals surface area contributed by atoms with Gasteiger partial charge in [0.05, 0.1) is 41.6 Å². The van der Waals surface area contributed by atoms with Crippen LogP contribution in [0.2, 0.25) is 0 Å². The highest BCUT2D eigenvalue weighted by Gasteiger charge is 2.72. The lowest BCUT2D eigenvalue weighted by atomic mass is 9.32. The fourth-order valence-electron chi connectivity index (χ4n) is 13.2. The standard InChI is InChI=1S/C40H54N4O3/c1-25(2)29-14-19-40(35(45)46)21-20-38(6)30(34(29)40)12-13-32-37(5)17-16-33(36(3,4)31(37)15-18-39(32,38)7)47-24-27-23-44(43-42-27)28-10-8-26(22-41)9-11-28/h8-11,23,29-34H,1,12-21,24H2,2-7H3,(H,45,46)/t29-,30+,31-,32+,33-,34+,37-,38+,39+,40-/m0/s1. The summed E-state index contributed by atoms with van der Waals surface area (Å²) in [5, 5.41) is 28.5. The van der Waals surface area contributed by atoms with Gasteiger partial charge in [-0.25, -0.2) is 4.68 Å². The number of carboxylic acid groups (broad SMARTS) is 1. The van der Waals surface area contributed by atoms with E-state index in [1.165, 1.54) is 31.3 Å². The van der Waals surface area contributed by atoms with Gasteiger partial charge in [0.1, 0.15) is 5.69 Å². The molecule has 7 rings (SSSR count). The lowest BCUT2D eigenvalue weighted by Gasteiger charge is -2.72. The van der Waals surface area contributed by atoms with Crippen LogP contribution in [-0.2, 0) is 16.1 Å². The number of rotatable bonds is 6. The first-order valence-electron chi connectivity index (χ1n) is 18.1. The molecule has 5 aliphatic carbocycles. The Kier molecular flexibility index (Phi) is 7.64. The van der Waals surface area contributed by atoms with Crippen LogP contribution in [0.3, 0.4) is 0 Å². The van der Waals surface area contributed by atoms with E-state index in [9.17, 15) is 9.90 Å². The third kappa shape index (κ3) is 4.56. The van der Waals surface area contributed by atoms with Gasteiger partial charge in [-0.2, -0.15) is 5.26 Å². The van der Waals surface area contributed by atoms with Crippen LogP contribution in [-0.4, -0.2) is 32.2 Å². The van der Waals surface area contributed by atoms with Crippen molar-refractivity contribution in [3.8, 4) is 11.8 Å². The molecule has 5 aliphatic rings. The average molecular weight is 639 g/mol. The Bertz CT molecular complexity index is 1610. The van der Waals surface area contributed by atoms with E-state index in [1.807, 2.05) is 18.3 Å². The van der Waals surface area contributed by atoms with Crippen molar-refractivity contribution in [3.05, 3.63) is 53.9 Å². The lowest BCUT2D eigenvalue weighted by molar-refractivity contribution is -0.252. The minimum Gasteiger partial charge on any atom is -0.481 e. The van der Waals surface area contributed by atoms with E-state index in [-0.39, 0.29) is 33.7 Å². The number of aromatic nitrogens is 3. The molecule has 0 amide bonds. The summed E-state index contributed by atoms with van der Waals surface area (Å²) in [5.41, 5.74) is 3.54. The second kappa shape index (κ2) is 11.0. The Morgan fingerprint density at radius 3 is 2.40 bits per heavy atom. The van der Waals surface area contributed by atoms with Crippen molar-refractivity contribution >= 4 is 5.97 Å². The molecule has 0 radical (unpaired) electrons. The molecule has 1 N–H and O–H groups in total. The minimum atomic E-state index is -0.567. The quantitative estimate of drug-likeness (QED) is 0.318. The zero-order chi connectivity index (χ0) is 33.6.